The predicted molar refractivity (Wildman–Crippen MR) is 115 cm³/mol. The first-order valence-corrected chi connectivity index (χ1v) is 10.1. The second-order valence-electron chi connectivity index (χ2n) is 6.72. The van der Waals surface area contributed by atoms with E-state index in [2.05, 4.69) is 15.6 Å². The highest BCUT2D eigenvalue weighted by atomic mass is 35.5. The van der Waals surface area contributed by atoms with E-state index in [1.807, 2.05) is 24.4 Å². The second-order valence-corrected chi connectivity index (χ2v) is 7.58. The van der Waals surface area contributed by atoms with Crippen LogP contribution in [0.15, 0.2) is 21.9 Å². The minimum absolute atomic E-state index is 0. The summed E-state index contributed by atoms with van der Waals surface area (Å²) in [5, 5.41) is 9.30. The van der Waals surface area contributed by atoms with Crippen LogP contribution in [0.1, 0.15) is 50.0 Å². The van der Waals surface area contributed by atoms with Gasteiger partial charge in [-0.15, -0.1) is 36.2 Å². The van der Waals surface area contributed by atoms with Crippen LogP contribution in [0, 0.1) is 6.92 Å². The minimum Gasteiger partial charge on any atom is -0.459 e. The summed E-state index contributed by atoms with van der Waals surface area (Å²) in [6.45, 7) is 3.42. The molecule has 27 heavy (non-hydrogen) atoms. The molecule has 1 aliphatic carbocycles. The number of carbonyl (C=O) groups excluding carboxylic acids is 1. The number of hydrogen-bond donors (Lipinski definition) is 2. The maximum Gasteiger partial charge on any atom is 0.226 e. The van der Waals surface area contributed by atoms with Gasteiger partial charge >= 0.3 is 0 Å². The normalized spacial score (nSPS) is 14.7. The quantitative estimate of drug-likeness (QED) is 0.497. The van der Waals surface area contributed by atoms with Crippen LogP contribution in [0.25, 0.3) is 10.8 Å². The largest absolute Gasteiger partial charge is 0.459 e. The molecule has 0 atom stereocenters. The number of aryl methyl sites for hydroxylation is 1. The molecular formula is C19H29Cl2N3O2S. The summed E-state index contributed by atoms with van der Waals surface area (Å²) < 4.78 is 5.57. The Morgan fingerprint density at radius 2 is 1.93 bits per heavy atom. The molecule has 1 fully saturated rings. The smallest absolute Gasteiger partial charge is 0.226 e. The molecule has 2 N–H and O–H groups in total. The van der Waals surface area contributed by atoms with Gasteiger partial charge in [0.2, 0.25) is 5.91 Å². The third-order valence-electron chi connectivity index (χ3n) is 4.58. The van der Waals surface area contributed by atoms with Crippen LogP contribution in [0.5, 0.6) is 0 Å². The van der Waals surface area contributed by atoms with Crippen molar-refractivity contribution in [3.63, 3.8) is 0 Å². The Balaban J connectivity index is 0.00000182. The second kappa shape index (κ2) is 12.4. The van der Waals surface area contributed by atoms with E-state index in [1.165, 1.54) is 49.9 Å². The average molecular weight is 434 g/mol. The van der Waals surface area contributed by atoms with Gasteiger partial charge in [0.05, 0.1) is 12.1 Å². The van der Waals surface area contributed by atoms with Crippen molar-refractivity contribution in [1.29, 1.82) is 0 Å². The van der Waals surface area contributed by atoms with Crippen LogP contribution < -0.4 is 10.6 Å². The fraction of sp³-hybridized carbons (Fsp3) is 0.579. The van der Waals surface area contributed by atoms with Crippen LogP contribution in [-0.4, -0.2) is 30.0 Å². The van der Waals surface area contributed by atoms with Gasteiger partial charge in [-0.2, -0.15) is 0 Å². The van der Waals surface area contributed by atoms with E-state index in [1.54, 1.807) is 0 Å². The Morgan fingerprint density at radius 1 is 1.19 bits per heavy atom. The molecule has 8 heteroatoms. The Morgan fingerprint density at radius 3 is 2.59 bits per heavy atom. The van der Waals surface area contributed by atoms with Crippen molar-refractivity contribution < 1.29 is 9.21 Å². The lowest BCUT2D eigenvalue weighted by Gasteiger charge is -2.16. The van der Waals surface area contributed by atoms with Crippen LogP contribution >= 0.6 is 36.2 Å². The summed E-state index contributed by atoms with van der Waals surface area (Å²) in [5.41, 5.74) is 0.795. The molecule has 2 aromatic rings. The van der Waals surface area contributed by atoms with Crippen molar-refractivity contribution in [2.45, 2.75) is 57.9 Å². The third kappa shape index (κ3) is 7.82. The predicted octanol–water partition coefficient (Wildman–Crippen LogP) is 4.53. The number of rotatable bonds is 7. The van der Waals surface area contributed by atoms with Gasteiger partial charge in [0.1, 0.15) is 5.76 Å². The standard InChI is InChI=1S/C19H27N3O2S.2ClH/c1-14-8-9-17(24-14)19-22-16(13-25-19)12-18(23)21-11-10-20-15-6-4-2-3-5-7-15;;/h8-9,13,15,20H,2-7,10-12H2,1H3,(H,21,23);2*1H. The Kier molecular flexibility index (Phi) is 11.0. The number of furan rings is 1. The van der Waals surface area contributed by atoms with E-state index >= 15 is 0 Å². The zero-order valence-corrected chi connectivity index (χ0v) is 18.1. The molecule has 2 heterocycles. The van der Waals surface area contributed by atoms with E-state index in [0.717, 1.165) is 28.8 Å². The molecule has 0 saturated heterocycles. The summed E-state index contributed by atoms with van der Waals surface area (Å²) in [7, 11) is 0. The van der Waals surface area contributed by atoms with Crippen molar-refractivity contribution in [2.24, 2.45) is 0 Å². The van der Waals surface area contributed by atoms with Crippen LogP contribution in [-0.2, 0) is 11.2 Å². The number of halogens is 2. The van der Waals surface area contributed by atoms with Crippen molar-refractivity contribution in [3.05, 3.63) is 29.0 Å². The number of aromatic nitrogens is 1. The number of nitrogens with zero attached hydrogens (tertiary/aromatic N) is 1. The van der Waals surface area contributed by atoms with Gasteiger partial charge in [-0.1, -0.05) is 25.7 Å². The third-order valence-corrected chi connectivity index (χ3v) is 5.49. The Labute approximate surface area is 177 Å². The van der Waals surface area contributed by atoms with E-state index < -0.39 is 0 Å². The number of hydrogen-bond acceptors (Lipinski definition) is 5. The first-order valence-electron chi connectivity index (χ1n) is 9.22. The highest BCUT2D eigenvalue weighted by Gasteiger charge is 2.12. The van der Waals surface area contributed by atoms with Gasteiger partial charge < -0.3 is 15.1 Å². The molecule has 2 aromatic heterocycles. The molecule has 0 radical (unpaired) electrons. The minimum atomic E-state index is 0. The van der Waals surface area contributed by atoms with Gasteiger partial charge in [-0.05, 0) is 31.9 Å². The van der Waals surface area contributed by atoms with Gasteiger partial charge in [0, 0.05) is 24.5 Å². The average Bonchev–Trinajstić information content (AvgIpc) is 3.14. The Hall–Kier alpha value is -1.08. The molecule has 1 amide bonds. The van der Waals surface area contributed by atoms with E-state index in [-0.39, 0.29) is 30.7 Å². The molecule has 0 aliphatic heterocycles. The highest BCUT2D eigenvalue weighted by molar-refractivity contribution is 7.13. The maximum atomic E-state index is 12.1. The number of amides is 1. The van der Waals surface area contributed by atoms with E-state index in [4.69, 9.17) is 4.42 Å². The van der Waals surface area contributed by atoms with Crippen molar-refractivity contribution in [3.8, 4) is 10.8 Å². The zero-order chi connectivity index (χ0) is 17.5. The monoisotopic (exact) mass is 433 g/mol. The van der Waals surface area contributed by atoms with Crippen LogP contribution in [0.2, 0.25) is 0 Å². The first-order chi connectivity index (χ1) is 12.2. The SMILES string of the molecule is Cc1ccc(-c2nc(CC(=O)NCCNC3CCCCCC3)cs2)o1.Cl.Cl. The lowest BCUT2D eigenvalue weighted by atomic mass is 10.1. The highest BCUT2D eigenvalue weighted by Crippen LogP contribution is 2.25. The summed E-state index contributed by atoms with van der Waals surface area (Å²) in [4.78, 5) is 16.6. The molecular weight excluding hydrogens is 405 g/mol. The molecule has 5 nitrogen and oxygen atoms in total. The van der Waals surface area contributed by atoms with Gasteiger partial charge in [-0.25, -0.2) is 4.98 Å². The van der Waals surface area contributed by atoms with E-state index in [0.29, 0.717) is 19.0 Å². The molecule has 0 aromatic carbocycles. The first kappa shape index (κ1) is 24.0. The van der Waals surface area contributed by atoms with Crippen molar-refractivity contribution >= 4 is 42.1 Å². The van der Waals surface area contributed by atoms with Crippen LogP contribution in [0.4, 0.5) is 0 Å². The number of nitrogens with one attached hydrogen (secondary N) is 2. The molecule has 1 aliphatic rings. The fourth-order valence-electron chi connectivity index (χ4n) is 3.24. The van der Waals surface area contributed by atoms with Crippen LogP contribution in [0.3, 0.4) is 0 Å². The summed E-state index contributed by atoms with van der Waals surface area (Å²) in [6, 6.07) is 4.46. The molecule has 0 bridgehead atoms. The number of thiazole rings is 1. The Bertz CT molecular complexity index is 682. The lowest BCUT2D eigenvalue weighted by Crippen LogP contribution is -2.37. The summed E-state index contributed by atoms with van der Waals surface area (Å²) in [5.74, 6) is 1.66. The molecule has 1 saturated carbocycles. The van der Waals surface area contributed by atoms with Gasteiger partial charge in [0.15, 0.2) is 10.8 Å². The molecule has 0 unspecified atom stereocenters. The molecule has 0 spiro atoms. The lowest BCUT2D eigenvalue weighted by molar-refractivity contribution is -0.120. The van der Waals surface area contributed by atoms with Crippen molar-refractivity contribution in [2.75, 3.05) is 13.1 Å². The summed E-state index contributed by atoms with van der Waals surface area (Å²) in [6.07, 6.45) is 8.23. The fourth-order valence-corrected chi connectivity index (χ4v) is 4.02. The van der Waals surface area contributed by atoms with Gasteiger partial charge in [-0.3, -0.25) is 4.79 Å². The molecule has 152 valence electrons. The molecule has 3 rings (SSSR count). The number of carbonyl (C=O) groups is 1. The zero-order valence-electron chi connectivity index (χ0n) is 15.7. The summed E-state index contributed by atoms with van der Waals surface area (Å²) >= 11 is 1.51. The van der Waals surface area contributed by atoms with E-state index in [9.17, 15) is 4.79 Å². The topological polar surface area (TPSA) is 67.2 Å². The maximum absolute atomic E-state index is 12.1. The van der Waals surface area contributed by atoms with Gasteiger partial charge in [0.25, 0.3) is 0 Å². The van der Waals surface area contributed by atoms with Crippen molar-refractivity contribution in [1.82, 2.24) is 15.6 Å².